The van der Waals surface area contributed by atoms with Crippen molar-refractivity contribution in [3.05, 3.63) is 35.9 Å². The molecule has 1 aromatic carbocycles. The molecule has 1 aliphatic rings. The lowest BCUT2D eigenvalue weighted by molar-refractivity contribution is 0.264. The van der Waals surface area contributed by atoms with E-state index in [1.54, 1.807) is 12.1 Å². The van der Waals surface area contributed by atoms with Gasteiger partial charge in [0, 0.05) is 24.6 Å². The number of likely N-dealkylation sites (N-methyl/N-ethyl adjacent to an activating group) is 1. The van der Waals surface area contributed by atoms with Gasteiger partial charge in [0.25, 0.3) is 0 Å². The molecule has 0 radical (unpaired) electrons. The molecule has 0 saturated carbocycles. The van der Waals surface area contributed by atoms with Crippen LogP contribution in [0.4, 0.5) is 4.39 Å². The van der Waals surface area contributed by atoms with E-state index in [2.05, 4.69) is 20.1 Å². The summed E-state index contributed by atoms with van der Waals surface area (Å²) in [5, 5.41) is 6.97. The fourth-order valence-corrected chi connectivity index (χ4v) is 4.56. The number of H-pyrrole nitrogens is 1. The van der Waals surface area contributed by atoms with Gasteiger partial charge in [0.1, 0.15) is 11.6 Å². The molecule has 0 unspecified atom stereocenters. The average Bonchev–Trinajstić information content (AvgIpc) is 3.11. The number of halogens is 1. The normalized spacial score (nSPS) is 20.2. The molecule has 1 fully saturated rings. The highest BCUT2D eigenvalue weighted by molar-refractivity contribution is 7.91. The standard InChI is InChI=1S/C15H19FN4O2S/c1-20(13-6-8-23(21,22)10-13)7-5-14-17-15(19-18-14)11-3-2-4-12(16)9-11/h2-4,9,13H,5-8,10H2,1H3,(H,17,18,19)/t13-/m0/s1. The van der Waals surface area contributed by atoms with Crippen LogP contribution in [-0.4, -0.2) is 59.6 Å². The number of sulfone groups is 1. The SMILES string of the molecule is CN(CCc1nc(-c2cccc(F)c2)n[nH]1)[C@H]1CCS(=O)(=O)C1. The Kier molecular flexibility index (Phi) is 4.45. The van der Waals surface area contributed by atoms with Gasteiger partial charge in [-0.3, -0.25) is 5.10 Å². The first-order chi connectivity index (χ1) is 10.9. The molecule has 0 amide bonds. The third kappa shape index (κ3) is 3.94. The Hall–Kier alpha value is -1.80. The van der Waals surface area contributed by atoms with Crippen LogP contribution in [0.15, 0.2) is 24.3 Å². The summed E-state index contributed by atoms with van der Waals surface area (Å²) in [6, 6.07) is 6.22. The zero-order valence-corrected chi connectivity index (χ0v) is 13.7. The van der Waals surface area contributed by atoms with Gasteiger partial charge >= 0.3 is 0 Å². The second-order valence-corrected chi connectivity index (χ2v) is 8.13. The van der Waals surface area contributed by atoms with E-state index in [4.69, 9.17) is 0 Å². The van der Waals surface area contributed by atoms with Crippen LogP contribution in [0.2, 0.25) is 0 Å². The minimum absolute atomic E-state index is 0.0746. The van der Waals surface area contributed by atoms with Crippen LogP contribution >= 0.6 is 0 Å². The van der Waals surface area contributed by atoms with Crippen LogP contribution in [0.5, 0.6) is 0 Å². The first-order valence-corrected chi connectivity index (χ1v) is 9.33. The maximum absolute atomic E-state index is 13.2. The zero-order valence-electron chi connectivity index (χ0n) is 12.9. The van der Waals surface area contributed by atoms with E-state index in [1.807, 2.05) is 7.05 Å². The van der Waals surface area contributed by atoms with E-state index in [1.165, 1.54) is 12.1 Å². The molecule has 2 aromatic rings. The highest BCUT2D eigenvalue weighted by Gasteiger charge is 2.30. The predicted molar refractivity (Wildman–Crippen MR) is 85.2 cm³/mol. The van der Waals surface area contributed by atoms with Gasteiger partial charge in [-0.05, 0) is 25.6 Å². The number of hydrogen-bond acceptors (Lipinski definition) is 5. The molecule has 1 aromatic heterocycles. The van der Waals surface area contributed by atoms with E-state index in [0.29, 0.717) is 36.6 Å². The molecule has 1 atom stereocenters. The van der Waals surface area contributed by atoms with E-state index in [0.717, 1.165) is 0 Å². The molecule has 1 N–H and O–H groups in total. The van der Waals surface area contributed by atoms with Crippen molar-refractivity contribution in [2.45, 2.75) is 18.9 Å². The van der Waals surface area contributed by atoms with Crippen molar-refractivity contribution in [1.82, 2.24) is 20.1 Å². The third-order valence-electron chi connectivity index (χ3n) is 4.15. The molecular formula is C15H19FN4O2S. The zero-order chi connectivity index (χ0) is 16.4. The van der Waals surface area contributed by atoms with E-state index in [-0.39, 0.29) is 23.4 Å². The van der Waals surface area contributed by atoms with E-state index in [9.17, 15) is 12.8 Å². The Morgan fingerprint density at radius 2 is 2.26 bits per heavy atom. The van der Waals surface area contributed by atoms with Gasteiger partial charge in [-0.1, -0.05) is 12.1 Å². The summed E-state index contributed by atoms with van der Waals surface area (Å²) >= 11 is 0. The molecule has 1 aliphatic heterocycles. The van der Waals surface area contributed by atoms with E-state index >= 15 is 0 Å². The smallest absolute Gasteiger partial charge is 0.181 e. The molecule has 1 saturated heterocycles. The van der Waals surface area contributed by atoms with Crippen molar-refractivity contribution in [3.63, 3.8) is 0 Å². The molecule has 124 valence electrons. The van der Waals surface area contributed by atoms with Crippen molar-refractivity contribution in [2.75, 3.05) is 25.1 Å². The van der Waals surface area contributed by atoms with Gasteiger partial charge in [-0.15, -0.1) is 0 Å². The molecule has 0 aliphatic carbocycles. The van der Waals surface area contributed by atoms with Gasteiger partial charge in [0.05, 0.1) is 11.5 Å². The predicted octanol–water partition coefficient (Wildman–Crippen LogP) is 1.27. The number of nitrogens with one attached hydrogen (secondary N) is 1. The number of aromatic amines is 1. The molecule has 2 heterocycles. The van der Waals surface area contributed by atoms with Gasteiger partial charge < -0.3 is 4.90 Å². The van der Waals surface area contributed by atoms with Gasteiger partial charge in [-0.25, -0.2) is 17.8 Å². The second-order valence-electron chi connectivity index (χ2n) is 5.90. The van der Waals surface area contributed by atoms with Crippen molar-refractivity contribution < 1.29 is 12.8 Å². The topological polar surface area (TPSA) is 79.0 Å². The van der Waals surface area contributed by atoms with Crippen LogP contribution in [0, 0.1) is 5.82 Å². The third-order valence-corrected chi connectivity index (χ3v) is 5.90. The molecule has 23 heavy (non-hydrogen) atoms. The maximum atomic E-state index is 13.2. The minimum Gasteiger partial charge on any atom is -0.302 e. The van der Waals surface area contributed by atoms with Crippen molar-refractivity contribution in [1.29, 1.82) is 0 Å². The number of rotatable bonds is 5. The van der Waals surface area contributed by atoms with Crippen molar-refractivity contribution >= 4 is 9.84 Å². The Morgan fingerprint density at radius 1 is 1.43 bits per heavy atom. The monoisotopic (exact) mass is 338 g/mol. The van der Waals surface area contributed by atoms with Gasteiger partial charge in [0.15, 0.2) is 15.7 Å². The lowest BCUT2D eigenvalue weighted by atomic mass is 10.2. The summed E-state index contributed by atoms with van der Waals surface area (Å²) in [5.74, 6) is 1.35. The van der Waals surface area contributed by atoms with Gasteiger partial charge in [-0.2, -0.15) is 5.10 Å². The van der Waals surface area contributed by atoms with Crippen molar-refractivity contribution in [3.8, 4) is 11.4 Å². The average molecular weight is 338 g/mol. The fourth-order valence-electron chi connectivity index (χ4n) is 2.75. The highest BCUT2D eigenvalue weighted by atomic mass is 32.2. The first kappa shape index (κ1) is 16.1. The van der Waals surface area contributed by atoms with Gasteiger partial charge in [0.2, 0.25) is 0 Å². The quantitative estimate of drug-likeness (QED) is 0.888. The van der Waals surface area contributed by atoms with Crippen molar-refractivity contribution in [2.24, 2.45) is 0 Å². The number of nitrogens with zero attached hydrogens (tertiary/aromatic N) is 3. The lowest BCUT2D eigenvalue weighted by Crippen LogP contribution is -2.34. The fraction of sp³-hybridized carbons (Fsp3) is 0.467. The minimum atomic E-state index is -2.87. The number of hydrogen-bond donors (Lipinski definition) is 1. The van der Waals surface area contributed by atoms with Crippen LogP contribution in [0.1, 0.15) is 12.2 Å². The largest absolute Gasteiger partial charge is 0.302 e. The first-order valence-electron chi connectivity index (χ1n) is 7.51. The molecular weight excluding hydrogens is 319 g/mol. The van der Waals surface area contributed by atoms with Crippen LogP contribution in [0.25, 0.3) is 11.4 Å². The molecule has 0 bridgehead atoms. The Morgan fingerprint density at radius 3 is 2.96 bits per heavy atom. The summed E-state index contributed by atoms with van der Waals surface area (Å²) in [4.78, 5) is 6.42. The van der Waals surface area contributed by atoms with Crippen LogP contribution in [0.3, 0.4) is 0 Å². The van der Waals surface area contributed by atoms with Crippen LogP contribution < -0.4 is 0 Å². The second kappa shape index (κ2) is 6.37. The summed E-state index contributed by atoms with van der Waals surface area (Å²) < 4.78 is 36.3. The summed E-state index contributed by atoms with van der Waals surface area (Å²) in [7, 11) is -0.946. The summed E-state index contributed by atoms with van der Waals surface area (Å²) in [6.45, 7) is 0.692. The number of benzene rings is 1. The molecule has 0 spiro atoms. The summed E-state index contributed by atoms with van der Waals surface area (Å²) in [6.07, 6.45) is 1.32. The molecule has 8 heteroatoms. The van der Waals surface area contributed by atoms with E-state index < -0.39 is 9.84 Å². The highest BCUT2D eigenvalue weighted by Crippen LogP contribution is 2.18. The Labute approximate surface area is 134 Å². The maximum Gasteiger partial charge on any atom is 0.181 e. The molecule has 6 nitrogen and oxygen atoms in total. The Balaban J connectivity index is 1.59. The summed E-state index contributed by atoms with van der Waals surface area (Å²) in [5.41, 5.74) is 0.628. The van der Waals surface area contributed by atoms with Crippen LogP contribution in [-0.2, 0) is 16.3 Å². The lowest BCUT2D eigenvalue weighted by Gasteiger charge is -2.22. The molecule has 3 rings (SSSR count). The Bertz CT molecular complexity index is 790. The number of aromatic nitrogens is 3.